The Morgan fingerprint density at radius 1 is 1.10 bits per heavy atom. The van der Waals surface area contributed by atoms with E-state index >= 15 is 0 Å². The molecule has 0 bridgehead atoms. The van der Waals surface area contributed by atoms with E-state index in [-0.39, 0.29) is 5.41 Å². The van der Waals surface area contributed by atoms with Crippen molar-refractivity contribution in [2.24, 2.45) is 12.5 Å². The van der Waals surface area contributed by atoms with Gasteiger partial charge in [0, 0.05) is 29.9 Å². The third-order valence-electron chi connectivity index (χ3n) is 3.93. The van der Waals surface area contributed by atoms with Crippen LogP contribution in [0.1, 0.15) is 23.9 Å². The number of nitrogens with zero attached hydrogens (tertiary/aromatic N) is 2. The molecule has 0 radical (unpaired) electrons. The van der Waals surface area contributed by atoms with Crippen LogP contribution in [0.2, 0.25) is 0 Å². The summed E-state index contributed by atoms with van der Waals surface area (Å²) in [4.78, 5) is 0. The molecule has 0 N–H and O–H groups in total. The second-order valence-electron chi connectivity index (χ2n) is 5.71. The molecular weight excluding hydrogens is 303 g/mol. The second kappa shape index (κ2) is 7.33. The minimum Gasteiger partial charge on any atom is -0.272 e. The highest BCUT2D eigenvalue weighted by molar-refractivity contribution is 6.21. The lowest BCUT2D eigenvalue weighted by atomic mass is 9.81. The second-order valence-corrected chi connectivity index (χ2v) is 6.25. The van der Waals surface area contributed by atoms with E-state index in [9.17, 15) is 0 Å². The topological polar surface area (TPSA) is 17.8 Å². The highest BCUT2D eigenvalue weighted by Crippen LogP contribution is 2.31. The van der Waals surface area contributed by atoms with Crippen molar-refractivity contribution < 1.29 is 0 Å². The summed E-state index contributed by atoms with van der Waals surface area (Å²) in [5.74, 6) is 1.08. The molecule has 0 saturated carbocycles. The van der Waals surface area contributed by atoms with Crippen LogP contribution in [0.4, 0.5) is 0 Å². The lowest BCUT2D eigenvalue weighted by Gasteiger charge is -2.29. The average molecular weight is 325 g/mol. The van der Waals surface area contributed by atoms with Gasteiger partial charge >= 0.3 is 0 Å². The van der Waals surface area contributed by atoms with Crippen molar-refractivity contribution in [3.8, 4) is 0 Å². The van der Waals surface area contributed by atoms with Crippen LogP contribution in [-0.4, -0.2) is 21.5 Å². The lowest BCUT2D eigenvalue weighted by molar-refractivity contribution is 0.363. The Morgan fingerprint density at radius 3 is 2.29 bits per heavy atom. The summed E-state index contributed by atoms with van der Waals surface area (Å²) in [5.41, 5.74) is 3.45. The van der Waals surface area contributed by atoms with E-state index in [1.165, 1.54) is 11.3 Å². The zero-order valence-corrected chi connectivity index (χ0v) is 14.2. The molecule has 0 aliphatic rings. The van der Waals surface area contributed by atoms with Gasteiger partial charge in [0.15, 0.2) is 0 Å². The maximum absolute atomic E-state index is 6.30. The van der Waals surface area contributed by atoms with Crippen molar-refractivity contribution in [1.29, 1.82) is 0 Å². The van der Waals surface area contributed by atoms with Gasteiger partial charge in [0.2, 0.25) is 0 Å². The summed E-state index contributed by atoms with van der Waals surface area (Å²) < 4.78 is 1.96. The van der Waals surface area contributed by atoms with Gasteiger partial charge in [0.1, 0.15) is 0 Å². The van der Waals surface area contributed by atoms with Crippen LogP contribution in [0.5, 0.6) is 0 Å². The van der Waals surface area contributed by atoms with E-state index < -0.39 is 0 Å². The normalized spacial score (nSPS) is 11.8. The number of alkyl halides is 2. The van der Waals surface area contributed by atoms with Gasteiger partial charge in [-0.15, -0.1) is 23.2 Å². The lowest BCUT2D eigenvalue weighted by Crippen LogP contribution is -2.31. The molecule has 0 atom stereocenters. The summed E-state index contributed by atoms with van der Waals surface area (Å²) in [6.45, 7) is 2.12. The molecule has 0 aliphatic carbocycles. The molecule has 2 nitrogen and oxygen atoms in total. The van der Waals surface area contributed by atoms with Gasteiger partial charge in [-0.25, -0.2) is 0 Å². The highest BCUT2D eigenvalue weighted by atomic mass is 35.5. The van der Waals surface area contributed by atoms with Crippen molar-refractivity contribution in [2.45, 2.75) is 26.2 Å². The fourth-order valence-electron chi connectivity index (χ4n) is 2.61. The predicted octanol–water partition coefficient (Wildman–Crippen LogP) is 4.23. The highest BCUT2D eigenvalue weighted by Gasteiger charge is 2.30. The van der Waals surface area contributed by atoms with Crippen LogP contribution in [-0.2, 0) is 26.3 Å². The Labute approximate surface area is 137 Å². The summed E-state index contributed by atoms with van der Waals surface area (Å²) in [5, 5.41) is 4.52. The molecule has 0 amide bonds. The third-order valence-corrected chi connectivity index (χ3v) is 5.07. The van der Waals surface area contributed by atoms with E-state index in [0.717, 1.165) is 25.0 Å². The molecule has 2 rings (SSSR count). The first-order chi connectivity index (χ1) is 10.1. The molecule has 0 spiro atoms. The standard InChI is InChI=1S/C17H22Cl2N2/c1-3-15-9-16(21(2)20-15)11-17(12-18,13-19)10-14-7-5-4-6-8-14/h4-9H,3,10-13H2,1-2H3. The molecule has 2 aromatic rings. The Hall–Kier alpha value is -0.990. The largest absolute Gasteiger partial charge is 0.272 e. The number of aromatic nitrogens is 2. The molecule has 1 heterocycles. The molecule has 0 saturated heterocycles. The fraction of sp³-hybridized carbons (Fsp3) is 0.471. The van der Waals surface area contributed by atoms with Gasteiger partial charge in [0.05, 0.1) is 5.69 Å². The van der Waals surface area contributed by atoms with Gasteiger partial charge in [-0.05, 0) is 30.9 Å². The van der Waals surface area contributed by atoms with Crippen molar-refractivity contribution in [2.75, 3.05) is 11.8 Å². The van der Waals surface area contributed by atoms with E-state index in [2.05, 4.69) is 42.4 Å². The van der Waals surface area contributed by atoms with E-state index in [0.29, 0.717) is 11.8 Å². The minimum absolute atomic E-state index is 0.136. The third kappa shape index (κ3) is 4.02. The maximum atomic E-state index is 6.30. The minimum atomic E-state index is -0.136. The van der Waals surface area contributed by atoms with Gasteiger partial charge in [-0.2, -0.15) is 5.10 Å². The first kappa shape index (κ1) is 16.4. The number of hydrogen-bond acceptors (Lipinski definition) is 1. The molecule has 1 aromatic heterocycles. The van der Waals surface area contributed by atoms with E-state index in [1.807, 2.05) is 17.8 Å². The monoisotopic (exact) mass is 324 g/mol. The van der Waals surface area contributed by atoms with Gasteiger partial charge < -0.3 is 0 Å². The van der Waals surface area contributed by atoms with Gasteiger partial charge in [-0.1, -0.05) is 37.3 Å². The van der Waals surface area contributed by atoms with Crippen LogP contribution < -0.4 is 0 Å². The molecule has 0 fully saturated rings. The van der Waals surface area contributed by atoms with Crippen molar-refractivity contribution in [1.82, 2.24) is 9.78 Å². The van der Waals surface area contributed by atoms with Crippen LogP contribution in [0.3, 0.4) is 0 Å². The Balaban J connectivity index is 2.23. The molecule has 1 aromatic carbocycles. The maximum Gasteiger partial charge on any atom is 0.0624 e. The summed E-state index contributed by atoms with van der Waals surface area (Å²) in [6.07, 6.45) is 2.67. The van der Waals surface area contributed by atoms with Crippen LogP contribution in [0, 0.1) is 5.41 Å². The fourth-order valence-corrected chi connectivity index (χ4v) is 3.27. The molecule has 0 aliphatic heterocycles. The van der Waals surface area contributed by atoms with Crippen molar-refractivity contribution in [3.63, 3.8) is 0 Å². The van der Waals surface area contributed by atoms with E-state index in [1.54, 1.807) is 0 Å². The zero-order valence-electron chi connectivity index (χ0n) is 12.6. The van der Waals surface area contributed by atoms with Crippen molar-refractivity contribution in [3.05, 3.63) is 53.3 Å². The quantitative estimate of drug-likeness (QED) is 0.697. The molecule has 4 heteroatoms. The van der Waals surface area contributed by atoms with Crippen LogP contribution >= 0.6 is 23.2 Å². The predicted molar refractivity (Wildman–Crippen MR) is 90.3 cm³/mol. The SMILES string of the molecule is CCc1cc(CC(CCl)(CCl)Cc2ccccc2)n(C)n1. The Morgan fingerprint density at radius 2 is 1.76 bits per heavy atom. The summed E-state index contributed by atoms with van der Waals surface area (Å²) in [7, 11) is 1.99. The molecule has 21 heavy (non-hydrogen) atoms. The number of rotatable bonds is 7. The molecule has 114 valence electrons. The van der Waals surface area contributed by atoms with Crippen molar-refractivity contribution >= 4 is 23.2 Å². The smallest absolute Gasteiger partial charge is 0.0624 e. The van der Waals surface area contributed by atoms with Gasteiger partial charge in [-0.3, -0.25) is 4.68 Å². The Bertz CT molecular complexity index is 559. The molecule has 0 unspecified atom stereocenters. The first-order valence-electron chi connectivity index (χ1n) is 7.30. The van der Waals surface area contributed by atoms with Crippen LogP contribution in [0.15, 0.2) is 36.4 Å². The number of benzene rings is 1. The number of hydrogen-bond donors (Lipinski definition) is 0. The molecular formula is C17H22Cl2N2. The Kier molecular flexibility index (Phi) is 5.72. The summed E-state index contributed by atoms with van der Waals surface area (Å²) in [6, 6.07) is 12.6. The zero-order chi connectivity index (χ0) is 15.3. The van der Waals surface area contributed by atoms with Gasteiger partial charge in [0.25, 0.3) is 0 Å². The van der Waals surface area contributed by atoms with Crippen LogP contribution in [0.25, 0.3) is 0 Å². The number of halogens is 2. The average Bonchev–Trinajstić information content (AvgIpc) is 2.87. The van der Waals surface area contributed by atoms with E-state index in [4.69, 9.17) is 23.2 Å². The number of aryl methyl sites for hydroxylation is 2. The first-order valence-corrected chi connectivity index (χ1v) is 8.37. The summed E-state index contributed by atoms with van der Waals surface area (Å²) >= 11 is 12.6.